The van der Waals surface area contributed by atoms with Gasteiger partial charge in [0, 0.05) is 17.1 Å². The zero-order chi connectivity index (χ0) is 14.7. The molecule has 0 aliphatic carbocycles. The van der Waals surface area contributed by atoms with Gasteiger partial charge in [-0.3, -0.25) is 0 Å². The van der Waals surface area contributed by atoms with E-state index in [2.05, 4.69) is 49.2 Å². The van der Waals surface area contributed by atoms with E-state index in [-0.39, 0.29) is 6.04 Å². The van der Waals surface area contributed by atoms with Gasteiger partial charge in [0.05, 0.1) is 31.0 Å². The Balaban J connectivity index is 1.94. The van der Waals surface area contributed by atoms with Gasteiger partial charge in [0.25, 0.3) is 0 Å². The minimum atomic E-state index is 0.0788. The average molecular weight is 345 g/mol. The van der Waals surface area contributed by atoms with Gasteiger partial charge in [0.1, 0.15) is 6.07 Å². The lowest BCUT2D eigenvalue weighted by atomic mass is 10.0. The third-order valence-electron chi connectivity index (χ3n) is 3.45. The molecule has 1 aromatic carbocycles. The highest BCUT2D eigenvalue weighted by atomic mass is 79.9. The lowest BCUT2D eigenvalue weighted by Crippen LogP contribution is -2.40. The molecule has 1 aliphatic rings. The molecule has 1 aromatic heterocycles. The molecular formula is C15H13BrN4O. The first-order chi connectivity index (χ1) is 10.3. The van der Waals surface area contributed by atoms with Crippen LogP contribution in [0.4, 0.5) is 5.82 Å². The topological polar surface area (TPSA) is 62.0 Å². The van der Waals surface area contributed by atoms with Crippen molar-refractivity contribution in [2.75, 3.05) is 24.7 Å². The summed E-state index contributed by atoms with van der Waals surface area (Å²) in [6.45, 7) is 1.97. The van der Waals surface area contributed by atoms with E-state index in [0.29, 0.717) is 24.6 Å². The Morgan fingerprint density at radius 3 is 2.90 bits per heavy atom. The molecule has 2 aromatic rings. The van der Waals surface area contributed by atoms with Crippen molar-refractivity contribution in [2.24, 2.45) is 0 Å². The van der Waals surface area contributed by atoms with Crippen molar-refractivity contribution in [1.82, 2.24) is 10.2 Å². The summed E-state index contributed by atoms with van der Waals surface area (Å²) in [6.07, 6.45) is 1.47. The number of nitrogens with zero attached hydrogens (tertiary/aromatic N) is 4. The van der Waals surface area contributed by atoms with E-state index in [1.807, 2.05) is 12.1 Å². The van der Waals surface area contributed by atoms with Gasteiger partial charge >= 0.3 is 0 Å². The third-order valence-corrected chi connectivity index (χ3v) is 3.98. The Morgan fingerprint density at radius 2 is 2.14 bits per heavy atom. The van der Waals surface area contributed by atoms with Crippen molar-refractivity contribution in [3.8, 4) is 6.07 Å². The Morgan fingerprint density at radius 1 is 1.33 bits per heavy atom. The van der Waals surface area contributed by atoms with Gasteiger partial charge in [-0.1, -0.05) is 28.1 Å². The number of morpholine rings is 1. The molecular weight excluding hydrogens is 332 g/mol. The van der Waals surface area contributed by atoms with Crippen molar-refractivity contribution in [1.29, 1.82) is 5.26 Å². The van der Waals surface area contributed by atoms with Crippen LogP contribution in [0.15, 0.2) is 41.0 Å². The Bertz CT molecular complexity index is 668. The summed E-state index contributed by atoms with van der Waals surface area (Å²) in [4.78, 5) is 2.14. The molecule has 0 amide bonds. The molecule has 2 heterocycles. The molecule has 5 nitrogen and oxygen atoms in total. The maximum Gasteiger partial charge on any atom is 0.153 e. The molecule has 0 bridgehead atoms. The third kappa shape index (κ3) is 3.04. The summed E-state index contributed by atoms with van der Waals surface area (Å²) in [5.41, 5.74) is 1.67. The fraction of sp³-hybridized carbons (Fsp3) is 0.267. The molecule has 3 rings (SSSR count). The molecule has 0 saturated carbocycles. The first kappa shape index (κ1) is 14.0. The number of ether oxygens (including phenoxy) is 1. The standard InChI is InChI=1S/C15H13BrN4O/c16-13-3-1-12(2-4-13)14-10-21-6-5-20(14)15-7-11(8-17)9-18-19-15/h1-4,7,9,14H,5-6,10H2. The lowest BCUT2D eigenvalue weighted by molar-refractivity contribution is 0.0936. The van der Waals surface area contributed by atoms with Crippen molar-refractivity contribution in [2.45, 2.75) is 6.04 Å². The number of nitriles is 1. The van der Waals surface area contributed by atoms with Gasteiger partial charge in [-0.25, -0.2) is 0 Å². The molecule has 1 aliphatic heterocycles. The second-order valence-electron chi connectivity index (χ2n) is 4.75. The van der Waals surface area contributed by atoms with E-state index >= 15 is 0 Å². The Labute approximate surface area is 131 Å². The highest BCUT2D eigenvalue weighted by Gasteiger charge is 2.26. The number of aromatic nitrogens is 2. The highest BCUT2D eigenvalue weighted by Crippen LogP contribution is 2.29. The fourth-order valence-electron chi connectivity index (χ4n) is 2.40. The molecule has 1 atom stereocenters. The van der Waals surface area contributed by atoms with E-state index in [1.165, 1.54) is 6.20 Å². The van der Waals surface area contributed by atoms with Crippen LogP contribution in [0.3, 0.4) is 0 Å². The minimum Gasteiger partial charge on any atom is -0.377 e. The molecule has 0 spiro atoms. The van der Waals surface area contributed by atoms with Gasteiger partial charge in [0.2, 0.25) is 0 Å². The van der Waals surface area contributed by atoms with Crippen molar-refractivity contribution < 1.29 is 4.74 Å². The summed E-state index contributed by atoms with van der Waals surface area (Å²) in [5.74, 6) is 0.713. The van der Waals surface area contributed by atoms with E-state index in [4.69, 9.17) is 10.00 Å². The van der Waals surface area contributed by atoms with Gasteiger partial charge in [0.15, 0.2) is 5.82 Å². The summed E-state index contributed by atoms with van der Waals surface area (Å²) in [5, 5.41) is 17.1. The van der Waals surface area contributed by atoms with Crippen molar-refractivity contribution in [3.05, 3.63) is 52.1 Å². The predicted molar refractivity (Wildman–Crippen MR) is 81.8 cm³/mol. The van der Waals surface area contributed by atoms with Crippen LogP contribution in [-0.2, 0) is 4.74 Å². The number of hydrogen-bond donors (Lipinski definition) is 0. The maximum atomic E-state index is 9.01. The largest absolute Gasteiger partial charge is 0.377 e. The van der Waals surface area contributed by atoms with Gasteiger partial charge in [-0.15, -0.1) is 5.10 Å². The van der Waals surface area contributed by atoms with Crippen LogP contribution in [0.5, 0.6) is 0 Å². The molecule has 0 N–H and O–H groups in total. The summed E-state index contributed by atoms with van der Waals surface area (Å²) < 4.78 is 6.65. The molecule has 1 saturated heterocycles. The highest BCUT2D eigenvalue weighted by molar-refractivity contribution is 9.10. The minimum absolute atomic E-state index is 0.0788. The smallest absolute Gasteiger partial charge is 0.153 e. The quantitative estimate of drug-likeness (QED) is 0.838. The SMILES string of the molecule is N#Cc1cnnc(N2CCOCC2c2ccc(Br)cc2)c1. The molecule has 1 fully saturated rings. The monoisotopic (exact) mass is 344 g/mol. The van der Waals surface area contributed by atoms with Gasteiger partial charge in [-0.05, 0) is 17.7 Å². The van der Waals surface area contributed by atoms with Crippen molar-refractivity contribution in [3.63, 3.8) is 0 Å². The molecule has 106 valence electrons. The number of anilines is 1. The molecule has 21 heavy (non-hydrogen) atoms. The van der Waals surface area contributed by atoms with Crippen LogP contribution in [0.2, 0.25) is 0 Å². The van der Waals surface area contributed by atoms with E-state index in [9.17, 15) is 0 Å². The summed E-state index contributed by atoms with van der Waals surface area (Å²) >= 11 is 3.45. The van der Waals surface area contributed by atoms with E-state index < -0.39 is 0 Å². The van der Waals surface area contributed by atoms with Gasteiger partial charge in [-0.2, -0.15) is 10.4 Å². The van der Waals surface area contributed by atoms with Gasteiger partial charge < -0.3 is 9.64 Å². The summed E-state index contributed by atoms with van der Waals surface area (Å²) in [6, 6.07) is 12.1. The van der Waals surface area contributed by atoms with E-state index in [0.717, 1.165) is 16.6 Å². The van der Waals surface area contributed by atoms with E-state index in [1.54, 1.807) is 6.07 Å². The number of hydrogen-bond acceptors (Lipinski definition) is 5. The van der Waals surface area contributed by atoms with Crippen LogP contribution in [0.1, 0.15) is 17.2 Å². The fourth-order valence-corrected chi connectivity index (χ4v) is 2.66. The average Bonchev–Trinajstić information content (AvgIpc) is 2.56. The zero-order valence-electron chi connectivity index (χ0n) is 11.2. The van der Waals surface area contributed by atoms with Crippen LogP contribution < -0.4 is 4.90 Å². The lowest BCUT2D eigenvalue weighted by Gasteiger charge is -2.36. The first-order valence-corrected chi connectivity index (χ1v) is 7.40. The zero-order valence-corrected chi connectivity index (χ0v) is 12.8. The second-order valence-corrected chi connectivity index (χ2v) is 5.67. The maximum absolute atomic E-state index is 9.01. The Kier molecular flexibility index (Phi) is 4.13. The number of halogens is 1. The number of rotatable bonds is 2. The molecule has 0 radical (unpaired) electrons. The molecule has 6 heteroatoms. The van der Waals surface area contributed by atoms with Crippen LogP contribution >= 0.6 is 15.9 Å². The van der Waals surface area contributed by atoms with Crippen molar-refractivity contribution >= 4 is 21.7 Å². The Hall–Kier alpha value is -1.97. The molecule has 1 unspecified atom stereocenters. The second kappa shape index (κ2) is 6.20. The number of benzene rings is 1. The first-order valence-electron chi connectivity index (χ1n) is 6.60. The predicted octanol–water partition coefficient (Wildman–Crippen LogP) is 2.69. The van der Waals surface area contributed by atoms with Crippen LogP contribution in [0, 0.1) is 11.3 Å². The normalized spacial score (nSPS) is 18.3. The van der Waals surface area contributed by atoms with Crippen LogP contribution in [0.25, 0.3) is 0 Å². The van der Waals surface area contributed by atoms with Crippen LogP contribution in [-0.4, -0.2) is 30.0 Å². The summed E-state index contributed by atoms with van der Waals surface area (Å²) in [7, 11) is 0.